The second-order valence-corrected chi connectivity index (χ2v) is 4.82. The van der Waals surface area contributed by atoms with Gasteiger partial charge in [-0.25, -0.2) is 0 Å². The molecule has 0 aromatic heterocycles. The van der Waals surface area contributed by atoms with Crippen molar-refractivity contribution >= 4 is 17.3 Å². The molecule has 0 aromatic carbocycles. The highest BCUT2D eigenvalue weighted by Gasteiger charge is 2.20. The standard InChI is InChI=1S/C12H24N2OS/c1-2-3-7-13-12(16)14-8-4-9-15-10-11-5-6-11/h11H,2-10H2,1H3,(H2,13,14,16). The van der Waals surface area contributed by atoms with Gasteiger partial charge < -0.3 is 15.4 Å². The van der Waals surface area contributed by atoms with E-state index in [2.05, 4.69) is 17.6 Å². The Morgan fingerprint density at radius 1 is 1.25 bits per heavy atom. The highest BCUT2D eigenvalue weighted by Crippen LogP contribution is 2.28. The second-order valence-electron chi connectivity index (χ2n) is 4.41. The van der Waals surface area contributed by atoms with Crippen molar-refractivity contribution in [3.05, 3.63) is 0 Å². The quantitative estimate of drug-likeness (QED) is 0.480. The molecule has 0 atom stereocenters. The van der Waals surface area contributed by atoms with Gasteiger partial charge in [-0.1, -0.05) is 13.3 Å². The van der Waals surface area contributed by atoms with Crippen LogP contribution in [0.1, 0.15) is 39.0 Å². The maximum absolute atomic E-state index is 5.53. The van der Waals surface area contributed by atoms with E-state index < -0.39 is 0 Å². The summed E-state index contributed by atoms with van der Waals surface area (Å²) in [6.07, 6.45) is 6.13. The van der Waals surface area contributed by atoms with Gasteiger partial charge in [-0.05, 0) is 43.8 Å². The van der Waals surface area contributed by atoms with Crippen LogP contribution in [0.2, 0.25) is 0 Å². The van der Waals surface area contributed by atoms with Crippen LogP contribution < -0.4 is 10.6 Å². The summed E-state index contributed by atoms with van der Waals surface area (Å²) in [6.45, 7) is 5.86. The number of unbranched alkanes of at least 4 members (excludes halogenated alkanes) is 1. The maximum Gasteiger partial charge on any atom is 0.166 e. The van der Waals surface area contributed by atoms with E-state index >= 15 is 0 Å². The van der Waals surface area contributed by atoms with Crippen molar-refractivity contribution in [2.24, 2.45) is 5.92 Å². The number of thiocarbonyl (C=S) groups is 1. The first-order chi connectivity index (χ1) is 7.83. The summed E-state index contributed by atoms with van der Waals surface area (Å²) >= 11 is 5.13. The molecule has 0 amide bonds. The summed E-state index contributed by atoms with van der Waals surface area (Å²) in [5, 5.41) is 7.14. The molecule has 0 aromatic rings. The first-order valence-electron chi connectivity index (χ1n) is 6.42. The third kappa shape index (κ3) is 7.88. The van der Waals surface area contributed by atoms with Gasteiger partial charge in [0, 0.05) is 26.3 Å². The first kappa shape index (κ1) is 13.7. The molecule has 1 saturated carbocycles. The lowest BCUT2D eigenvalue weighted by Gasteiger charge is -2.09. The molecule has 1 aliphatic carbocycles. The van der Waals surface area contributed by atoms with E-state index in [0.717, 1.165) is 43.8 Å². The van der Waals surface area contributed by atoms with Crippen LogP contribution in [-0.2, 0) is 4.74 Å². The lowest BCUT2D eigenvalue weighted by molar-refractivity contribution is 0.123. The van der Waals surface area contributed by atoms with Crippen LogP contribution in [0.25, 0.3) is 0 Å². The number of nitrogens with one attached hydrogen (secondary N) is 2. The van der Waals surface area contributed by atoms with Crippen molar-refractivity contribution in [3.8, 4) is 0 Å². The first-order valence-corrected chi connectivity index (χ1v) is 6.83. The third-order valence-corrected chi connectivity index (χ3v) is 2.91. The van der Waals surface area contributed by atoms with Crippen LogP contribution in [0.5, 0.6) is 0 Å². The van der Waals surface area contributed by atoms with Gasteiger partial charge in [0.05, 0.1) is 0 Å². The molecule has 3 nitrogen and oxygen atoms in total. The smallest absolute Gasteiger partial charge is 0.166 e. The number of hydrogen-bond acceptors (Lipinski definition) is 2. The van der Waals surface area contributed by atoms with E-state index in [0.29, 0.717) is 0 Å². The molecule has 94 valence electrons. The molecule has 0 heterocycles. The van der Waals surface area contributed by atoms with Gasteiger partial charge in [-0.2, -0.15) is 0 Å². The second kappa shape index (κ2) is 8.76. The van der Waals surface area contributed by atoms with Crippen molar-refractivity contribution in [1.29, 1.82) is 0 Å². The van der Waals surface area contributed by atoms with Gasteiger partial charge in [0.1, 0.15) is 0 Å². The van der Waals surface area contributed by atoms with E-state index in [-0.39, 0.29) is 0 Å². The summed E-state index contributed by atoms with van der Waals surface area (Å²) in [5.74, 6) is 0.866. The van der Waals surface area contributed by atoms with Crippen LogP contribution >= 0.6 is 12.2 Å². The van der Waals surface area contributed by atoms with Gasteiger partial charge >= 0.3 is 0 Å². The lowest BCUT2D eigenvalue weighted by Crippen LogP contribution is -2.36. The Morgan fingerprint density at radius 2 is 1.94 bits per heavy atom. The average molecular weight is 244 g/mol. The molecule has 16 heavy (non-hydrogen) atoms. The summed E-state index contributed by atoms with van der Waals surface area (Å²) in [7, 11) is 0. The Morgan fingerprint density at radius 3 is 2.56 bits per heavy atom. The third-order valence-electron chi connectivity index (χ3n) is 2.62. The Labute approximate surface area is 104 Å². The summed E-state index contributed by atoms with van der Waals surface area (Å²) in [4.78, 5) is 0. The Kier molecular flexibility index (Phi) is 7.51. The molecule has 0 unspecified atom stereocenters. The molecule has 4 heteroatoms. The lowest BCUT2D eigenvalue weighted by atomic mass is 10.3. The van der Waals surface area contributed by atoms with Crippen LogP contribution in [0, 0.1) is 5.92 Å². The molecule has 0 spiro atoms. The Bertz CT molecular complexity index is 195. The van der Waals surface area contributed by atoms with Crippen LogP contribution in [0.4, 0.5) is 0 Å². The van der Waals surface area contributed by atoms with Crippen molar-refractivity contribution in [3.63, 3.8) is 0 Å². The fourth-order valence-corrected chi connectivity index (χ4v) is 1.56. The van der Waals surface area contributed by atoms with Gasteiger partial charge in [-0.3, -0.25) is 0 Å². The molecule has 0 aliphatic heterocycles. The van der Waals surface area contributed by atoms with Crippen LogP contribution in [-0.4, -0.2) is 31.4 Å². The van der Waals surface area contributed by atoms with Gasteiger partial charge in [0.2, 0.25) is 0 Å². The molecular formula is C12H24N2OS. The molecule has 1 aliphatic rings. The Balaban J connectivity index is 1.76. The predicted octanol–water partition coefficient (Wildman–Crippen LogP) is 2.07. The monoisotopic (exact) mass is 244 g/mol. The van der Waals surface area contributed by atoms with Gasteiger partial charge in [-0.15, -0.1) is 0 Å². The molecule has 0 radical (unpaired) electrons. The van der Waals surface area contributed by atoms with Crippen molar-refractivity contribution in [2.75, 3.05) is 26.3 Å². The zero-order valence-electron chi connectivity index (χ0n) is 10.3. The van der Waals surface area contributed by atoms with Gasteiger partial charge in [0.15, 0.2) is 5.11 Å². The van der Waals surface area contributed by atoms with Crippen LogP contribution in [0.15, 0.2) is 0 Å². The van der Waals surface area contributed by atoms with E-state index in [1.165, 1.54) is 25.7 Å². The zero-order valence-corrected chi connectivity index (χ0v) is 11.1. The average Bonchev–Trinajstić information content (AvgIpc) is 3.07. The largest absolute Gasteiger partial charge is 0.381 e. The van der Waals surface area contributed by atoms with Crippen molar-refractivity contribution in [1.82, 2.24) is 10.6 Å². The Hall–Kier alpha value is -0.350. The van der Waals surface area contributed by atoms with Gasteiger partial charge in [0.25, 0.3) is 0 Å². The highest BCUT2D eigenvalue weighted by molar-refractivity contribution is 7.80. The van der Waals surface area contributed by atoms with E-state index in [1.807, 2.05) is 0 Å². The minimum atomic E-state index is 0.774. The fourth-order valence-electron chi connectivity index (χ4n) is 1.35. The fraction of sp³-hybridized carbons (Fsp3) is 0.917. The molecule has 1 rings (SSSR count). The highest BCUT2D eigenvalue weighted by atomic mass is 32.1. The van der Waals surface area contributed by atoms with Crippen LogP contribution in [0.3, 0.4) is 0 Å². The number of ether oxygens (including phenoxy) is 1. The molecule has 0 bridgehead atoms. The minimum Gasteiger partial charge on any atom is -0.381 e. The normalized spacial score (nSPS) is 14.8. The summed E-state index contributed by atoms with van der Waals surface area (Å²) in [5.41, 5.74) is 0. The molecular weight excluding hydrogens is 220 g/mol. The molecule has 2 N–H and O–H groups in total. The number of rotatable bonds is 9. The summed E-state index contributed by atoms with van der Waals surface area (Å²) < 4.78 is 5.53. The van der Waals surface area contributed by atoms with E-state index in [1.54, 1.807) is 0 Å². The van der Waals surface area contributed by atoms with E-state index in [4.69, 9.17) is 17.0 Å². The number of hydrogen-bond donors (Lipinski definition) is 2. The zero-order chi connectivity index (χ0) is 11.6. The van der Waals surface area contributed by atoms with Crippen molar-refractivity contribution < 1.29 is 4.74 Å². The SMILES string of the molecule is CCCCNC(=S)NCCCOCC1CC1. The molecule has 0 saturated heterocycles. The van der Waals surface area contributed by atoms with Crippen molar-refractivity contribution in [2.45, 2.75) is 39.0 Å². The van der Waals surface area contributed by atoms with E-state index in [9.17, 15) is 0 Å². The predicted molar refractivity (Wildman–Crippen MR) is 71.7 cm³/mol. The topological polar surface area (TPSA) is 33.3 Å². The minimum absolute atomic E-state index is 0.774. The molecule has 1 fully saturated rings. The summed E-state index contributed by atoms with van der Waals surface area (Å²) in [6, 6.07) is 0. The maximum atomic E-state index is 5.53.